The Bertz CT molecular complexity index is 445. The number of nitrogens with one attached hydrogen (secondary N) is 1. The molecule has 0 atom stereocenters. The monoisotopic (exact) mass is 339 g/mol. The van der Waals surface area contributed by atoms with E-state index in [-0.39, 0.29) is 36.3 Å². The number of amides is 1. The van der Waals surface area contributed by atoms with E-state index in [1.807, 2.05) is 13.8 Å². The molecule has 20 heavy (non-hydrogen) atoms. The number of thiazole rings is 1. The Balaban J connectivity index is 0.00000180. The van der Waals surface area contributed by atoms with E-state index in [2.05, 4.69) is 10.3 Å². The van der Waals surface area contributed by atoms with Crippen molar-refractivity contribution in [2.75, 3.05) is 6.54 Å². The number of carbonyl (C=O) groups is 1. The first-order chi connectivity index (χ1) is 8.50. The standard InChI is InChI=1S/C13H21N3OS.2ClH/c1-9-11(18-10(2)16-9)12(17)15-8-13(14)6-4-3-5-7-13;;/h3-8,14H2,1-2H3,(H,15,17);2*1H. The first-order valence-corrected chi connectivity index (χ1v) is 7.33. The largest absolute Gasteiger partial charge is 0.349 e. The van der Waals surface area contributed by atoms with Gasteiger partial charge in [-0.25, -0.2) is 4.98 Å². The molecule has 1 heterocycles. The number of halogens is 2. The van der Waals surface area contributed by atoms with Crippen LogP contribution >= 0.6 is 36.2 Å². The van der Waals surface area contributed by atoms with Crippen molar-refractivity contribution in [2.24, 2.45) is 5.73 Å². The van der Waals surface area contributed by atoms with Gasteiger partial charge in [0, 0.05) is 12.1 Å². The first kappa shape index (κ1) is 19.6. The van der Waals surface area contributed by atoms with Gasteiger partial charge in [0.15, 0.2) is 0 Å². The number of carbonyl (C=O) groups excluding carboxylic acids is 1. The van der Waals surface area contributed by atoms with E-state index in [9.17, 15) is 4.79 Å². The summed E-state index contributed by atoms with van der Waals surface area (Å²) >= 11 is 1.44. The second-order valence-corrected chi connectivity index (χ2v) is 6.46. The van der Waals surface area contributed by atoms with Gasteiger partial charge < -0.3 is 11.1 Å². The SMILES string of the molecule is Cc1nc(C)c(C(=O)NCC2(N)CCCCC2)s1.Cl.Cl. The van der Waals surface area contributed by atoms with E-state index >= 15 is 0 Å². The average Bonchev–Trinajstić information content (AvgIpc) is 2.67. The Kier molecular flexibility index (Phi) is 8.03. The lowest BCUT2D eigenvalue weighted by Gasteiger charge is -2.33. The van der Waals surface area contributed by atoms with Crippen molar-refractivity contribution in [3.05, 3.63) is 15.6 Å². The van der Waals surface area contributed by atoms with Crippen molar-refractivity contribution < 1.29 is 4.79 Å². The van der Waals surface area contributed by atoms with E-state index in [1.54, 1.807) is 0 Å². The lowest BCUT2D eigenvalue weighted by atomic mass is 9.82. The normalized spacial score (nSPS) is 16.8. The third kappa shape index (κ3) is 4.88. The average molecular weight is 340 g/mol. The molecule has 0 saturated heterocycles. The molecule has 2 rings (SSSR count). The highest BCUT2D eigenvalue weighted by molar-refractivity contribution is 7.13. The predicted octanol–water partition coefficient (Wildman–Crippen LogP) is 2.99. The molecule has 1 amide bonds. The van der Waals surface area contributed by atoms with Crippen molar-refractivity contribution in [1.82, 2.24) is 10.3 Å². The summed E-state index contributed by atoms with van der Waals surface area (Å²) in [6.45, 7) is 4.36. The van der Waals surface area contributed by atoms with Gasteiger partial charge in [-0.3, -0.25) is 4.79 Å². The van der Waals surface area contributed by atoms with E-state index in [0.717, 1.165) is 23.5 Å². The smallest absolute Gasteiger partial charge is 0.263 e. The number of aromatic nitrogens is 1. The predicted molar refractivity (Wildman–Crippen MR) is 88.4 cm³/mol. The van der Waals surface area contributed by atoms with Crippen LogP contribution in [0.5, 0.6) is 0 Å². The van der Waals surface area contributed by atoms with Gasteiger partial charge >= 0.3 is 0 Å². The zero-order chi connectivity index (χ0) is 13.2. The first-order valence-electron chi connectivity index (χ1n) is 6.51. The maximum Gasteiger partial charge on any atom is 0.263 e. The summed E-state index contributed by atoms with van der Waals surface area (Å²) < 4.78 is 0. The van der Waals surface area contributed by atoms with Gasteiger partial charge in [0.1, 0.15) is 4.88 Å². The van der Waals surface area contributed by atoms with Crippen LogP contribution in [0.15, 0.2) is 0 Å². The van der Waals surface area contributed by atoms with Crippen molar-refractivity contribution in [1.29, 1.82) is 0 Å². The van der Waals surface area contributed by atoms with E-state index in [0.29, 0.717) is 11.4 Å². The molecule has 1 aliphatic carbocycles. The number of nitrogens with two attached hydrogens (primary N) is 1. The summed E-state index contributed by atoms with van der Waals surface area (Å²) in [5, 5.41) is 3.90. The van der Waals surface area contributed by atoms with Crippen LogP contribution in [0.4, 0.5) is 0 Å². The van der Waals surface area contributed by atoms with Crippen molar-refractivity contribution in [3.8, 4) is 0 Å². The highest BCUT2D eigenvalue weighted by atomic mass is 35.5. The molecule has 0 radical (unpaired) electrons. The molecule has 1 saturated carbocycles. The molecule has 0 aliphatic heterocycles. The molecule has 1 aliphatic rings. The molecular formula is C13H23Cl2N3OS. The number of rotatable bonds is 3. The van der Waals surface area contributed by atoms with Crippen molar-refractivity contribution in [2.45, 2.75) is 51.5 Å². The van der Waals surface area contributed by atoms with Crippen molar-refractivity contribution >= 4 is 42.1 Å². The number of nitrogens with zero attached hydrogens (tertiary/aromatic N) is 1. The summed E-state index contributed by atoms with van der Waals surface area (Å²) in [4.78, 5) is 17.1. The minimum Gasteiger partial charge on any atom is -0.349 e. The molecule has 1 fully saturated rings. The second-order valence-electron chi connectivity index (χ2n) is 5.25. The molecule has 1 aromatic rings. The van der Waals surface area contributed by atoms with E-state index in [4.69, 9.17) is 5.73 Å². The van der Waals surface area contributed by atoms with Crippen LogP contribution in [0.2, 0.25) is 0 Å². The molecule has 3 N–H and O–H groups in total. The van der Waals surface area contributed by atoms with E-state index in [1.165, 1.54) is 30.6 Å². The number of aryl methyl sites for hydroxylation is 2. The summed E-state index contributed by atoms with van der Waals surface area (Å²) in [5.41, 5.74) is 6.90. The summed E-state index contributed by atoms with van der Waals surface area (Å²) in [6, 6.07) is 0. The Labute approximate surface area is 136 Å². The Morgan fingerprint density at radius 3 is 2.40 bits per heavy atom. The molecule has 4 nitrogen and oxygen atoms in total. The van der Waals surface area contributed by atoms with Gasteiger partial charge in [-0.05, 0) is 26.7 Å². The molecule has 1 aromatic heterocycles. The summed E-state index contributed by atoms with van der Waals surface area (Å²) in [5.74, 6) is -0.0338. The molecule has 0 spiro atoms. The number of hydrogen-bond donors (Lipinski definition) is 2. The van der Waals surface area contributed by atoms with Crippen molar-refractivity contribution in [3.63, 3.8) is 0 Å². The van der Waals surface area contributed by atoms with Gasteiger partial charge in [-0.2, -0.15) is 0 Å². The summed E-state index contributed by atoms with van der Waals surface area (Å²) in [7, 11) is 0. The topological polar surface area (TPSA) is 68.0 Å². The lowest BCUT2D eigenvalue weighted by molar-refractivity contribution is 0.0941. The molecule has 0 unspecified atom stereocenters. The van der Waals surface area contributed by atoms with E-state index < -0.39 is 0 Å². The van der Waals surface area contributed by atoms with Crippen LogP contribution in [-0.4, -0.2) is 23.0 Å². The maximum atomic E-state index is 12.1. The molecule has 116 valence electrons. The molecular weight excluding hydrogens is 317 g/mol. The fraction of sp³-hybridized carbons (Fsp3) is 0.692. The quantitative estimate of drug-likeness (QED) is 0.889. The third-order valence-electron chi connectivity index (χ3n) is 3.56. The van der Waals surface area contributed by atoms with Crippen LogP contribution in [-0.2, 0) is 0 Å². The highest BCUT2D eigenvalue weighted by Crippen LogP contribution is 2.25. The zero-order valence-corrected chi connectivity index (χ0v) is 14.3. The van der Waals surface area contributed by atoms with Gasteiger partial charge in [0.05, 0.1) is 10.7 Å². The Morgan fingerprint density at radius 2 is 1.90 bits per heavy atom. The van der Waals surface area contributed by atoms with Gasteiger partial charge in [0.2, 0.25) is 0 Å². The molecule has 0 bridgehead atoms. The third-order valence-corrected chi connectivity index (χ3v) is 4.63. The Hall–Kier alpha value is -0.360. The minimum atomic E-state index is -0.207. The fourth-order valence-electron chi connectivity index (χ4n) is 2.51. The lowest BCUT2D eigenvalue weighted by Crippen LogP contribution is -2.51. The Morgan fingerprint density at radius 1 is 1.30 bits per heavy atom. The van der Waals surface area contributed by atoms with Crippen LogP contribution in [0.3, 0.4) is 0 Å². The maximum absolute atomic E-state index is 12.1. The van der Waals surface area contributed by atoms with Gasteiger partial charge in [-0.15, -0.1) is 36.2 Å². The zero-order valence-electron chi connectivity index (χ0n) is 11.9. The fourth-order valence-corrected chi connectivity index (χ4v) is 3.35. The van der Waals surface area contributed by atoms with Gasteiger partial charge in [0.25, 0.3) is 5.91 Å². The van der Waals surface area contributed by atoms with Crippen LogP contribution in [0, 0.1) is 13.8 Å². The van der Waals surface area contributed by atoms with Crippen LogP contribution in [0.1, 0.15) is 52.5 Å². The number of hydrogen-bond acceptors (Lipinski definition) is 4. The summed E-state index contributed by atoms with van der Waals surface area (Å²) in [6.07, 6.45) is 5.62. The van der Waals surface area contributed by atoms with Crippen LogP contribution in [0.25, 0.3) is 0 Å². The van der Waals surface area contributed by atoms with Crippen LogP contribution < -0.4 is 11.1 Å². The molecule has 7 heteroatoms. The van der Waals surface area contributed by atoms with Gasteiger partial charge in [-0.1, -0.05) is 19.3 Å². The second kappa shape index (κ2) is 8.17. The molecule has 0 aromatic carbocycles. The highest BCUT2D eigenvalue weighted by Gasteiger charge is 2.28. The minimum absolute atomic E-state index is 0.